The summed E-state index contributed by atoms with van der Waals surface area (Å²) in [5.74, 6) is 1.62. The molecular weight excluding hydrogens is 260 g/mol. The topological polar surface area (TPSA) is 67.7 Å². The Labute approximate surface area is 117 Å². The van der Waals surface area contributed by atoms with Gasteiger partial charge in [-0.05, 0) is 13.2 Å². The molecule has 102 valence electrons. The van der Waals surface area contributed by atoms with Crippen molar-refractivity contribution in [1.82, 2.24) is 19.7 Å². The van der Waals surface area contributed by atoms with E-state index in [1.165, 1.54) is 11.8 Å². The van der Waals surface area contributed by atoms with Crippen LogP contribution in [0.3, 0.4) is 0 Å². The third-order valence-corrected chi connectivity index (χ3v) is 3.27. The van der Waals surface area contributed by atoms with Gasteiger partial charge in [-0.1, -0.05) is 11.8 Å². The maximum atomic E-state index is 4.42. The van der Waals surface area contributed by atoms with Gasteiger partial charge in [0.05, 0.1) is 5.69 Å². The summed E-state index contributed by atoms with van der Waals surface area (Å²) >= 11 is 1.52. The molecule has 0 saturated carbocycles. The summed E-state index contributed by atoms with van der Waals surface area (Å²) in [5, 5.41) is 11.4. The van der Waals surface area contributed by atoms with Crippen molar-refractivity contribution in [2.24, 2.45) is 7.05 Å². The van der Waals surface area contributed by atoms with Gasteiger partial charge in [0.1, 0.15) is 11.6 Å². The van der Waals surface area contributed by atoms with Crippen LogP contribution in [0.4, 0.5) is 11.6 Å². The lowest BCUT2D eigenvalue weighted by molar-refractivity contribution is 0.756. The molecule has 0 aliphatic carbocycles. The van der Waals surface area contributed by atoms with Crippen LogP contribution in [-0.4, -0.2) is 33.1 Å². The van der Waals surface area contributed by atoms with Gasteiger partial charge in [-0.2, -0.15) is 5.10 Å². The second kappa shape index (κ2) is 5.92. The maximum Gasteiger partial charge on any atom is 0.191 e. The highest BCUT2D eigenvalue weighted by atomic mass is 32.2. The largest absolute Gasteiger partial charge is 0.373 e. The van der Waals surface area contributed by atoms with Crippen LogP contribution in [0, 0.1) is 6.92 Å². The van der Waals surface area contributed by atoms with E-state index in [9.17, 15) is 0 Å². The Bertz CT molecular complexity index is 543. The molecule has 0 unspecified atom stereocenters. The number of aromatic nitrogens is 4. The molecule has 0 spiro atoms. The highest BCUT2D eigenvalue weighted by Crippen LogP contribution is 2.17. The number of rotatable bonds is 5. The number of thioether (sulfide) groups is 1. The zero-order valence-electron chi connectivity index (χ0n) is 11.6. The zero-order valence-corrected chi connectivity index (χ0v) is 12.4. The zero-order chi connectivity index (χ0) is 13.8. The quantitative estimate of drug-likeness (QED) is 0.643. The van der Waals surface area contributed by atoms with E-state index in [1.807, 2.05) is 44.2 Å². The van der Waals surface area contributed by atoms with Gasteiger partial charge in [-0.3, -0.25) is 4.68 Å². The Balaban J connectivity index is 2.12. The van der Waals surface area contributed by atoms with Gasteiger partial charge in [-0.15, -0.1) is 0 Å². The van der Waals surface area contributed by atoms with Gasteiger partial charge in [0.25, 0.3) is 0 Å². The van der Waals surface area contributed by atoms with Crippen LogP contribution >= 0.6 is 11.8 Å². The van der Waals surface area contributed by atoms with Crippen molar-refractivity contribution in [3.8, 4) is 0 Å². The average molecular weight is 278 g/mol. The summed E-state index contributed by atoms with van der Waals surface area (Å²) in [7, 11) is 3.77. The average Bonchev–Trinajstić information content (AvgIpc) is 2.74. The highest BCUT2D eigenvalue weighted by Gasteiger charge is 2.06. The van der Waals surface area contributed by atoms with Crippen molar-refractivity contribution in [2.75, 3.05) is 23.9 Å². The van der Waals surface area contributed by atoms with Crippen LogP contribution < -0.4 is 10.6 Å². The molecule has 0 aliphatic heterocycles. The van der Waals surface area contributed by atoms with E-state index in [0.717, 1.165) is 28.0 Å². The lowest BCUT2D eigenvalue weighted by Crippen LogP contribution is -2.05. The molecule has 0 bridgehead atoms. The molecule has 0 saturated heterocycles. The Morgan fingerprint density at radius 1 is 1.32 bits per heavy atom. The van der Waals surface area contributed by atoms with Gasteiger partial charge < -0.3 is 10.6 Å². The van der Waals surface area contributed by atoms with E-state index < -0.39 is 0 Å². The fourth-order valence-electron chi connectivity index (χ4n) is 1.74. The van der Waals surface area contributed by atoms with Crippen LogP contribution in [-0.2, 0) is 13.6 Å². The predicted octanol–water partition coefficient (Wildman–Crippen LogP) is 1.89. The number of nitrogens with one attached hydrogen (secondary N) is 2. The molecule has 0 atom stereocenters. The first-order chi connectivity index (χ1) is 9.12. The van der Waals surface area contributed by atoms with Crippen LogP contribution in [0.25, 0.3) is 0 Å². The van der Waals surface area contributed by atoms with E-state index in [4.69, 9.17) is 0 Å². The number of nitrogens with zero attached hydrogens (tertiary/aromatic N) is 4. The standard InChI is InChI=1S/C12H18N6S/c1-8-9(7-18(3)17-8)6-14-11-5-10(13-2)15-12(16-11)19-4/h5,7H,6H2,1-4H3,(H2,13,14,15,16). The van der Waals surface area contributed by atoms with Crippen LogP contribution in [0.5, 0.6) is 0 Å². The van der Waals surface area contributed by atoms with E-state index in [0.29, 0.717) is 6.54 Å². The molecule has 0 amide bonds. The first kappa shape index (κ1) is 13.7. The summed E-state index contributed by atoms with van der Waals surface area (Å²) in [6.07, 6.45) is 3.97. The SMILES string of the molecule is CNc1cc(NCc2cn(C)nc2C)nc(SC)n1. The molecule has 2 aromatic rings. The lowest BCUT2D eigenvalue weighted by Gasteiger charge is -2.08. The number of aryl methyl sites for hydroxylation is 2. The van der Waals surface area contributed by atoms with Crippen molar-refractivity contribution in [3.05, 3.63) is 23.5 Å². The second-order valence-corrected chi connectivity index (χ2v) is 4.92. The van der Waals surface area contributed by atoms with E-state index in [1.54, 1.807) is 0 Å². The van der Waals surface area contributed by atoms with Crippen molar-refractivity contribution >= 4 is 23.4 Å². The van der Waals surface area contributed by atoms with Crippen LogP contribution in [0.15, 0.2) is 17.4 Å². The predicted molar refractivity (Wildman–Crippen MR) is 78.6 cm³/mol. The van der Waals surface area contributed by atoms with Crippen LogP contribution in [0.1, 0.15) is 11.3 Å². The van der Waals surface area contributed by atoms with E-state index in [2.05, 4.69) is 25.7 Å². The van der Waals surface area contributed by atoms with Gasteiger partial charge in [0, 0.05) is 38.5 Å². The second-order valence-electron chi connectivity index (χ2n) is 4.14. The van der Waals surface area contributed by atoms with E-state index >= 15 is 0 Å². The van der Waals surface area contributed by atoms with E-state index in [-0.39, 0.29) is 0 Å². The molecule has 19 heavy (non-hydrogen) atoms. The molecule has 7 heteroatoms. The Morgan fingerprint density at radius 3 is 2.63 bits per heavy atom. The smallest absolute Gasteiger partial charge is 0.191 e. The Kier molecular flexibility index (Phi) is 4.26. The van der Waals surface area contributed by atoms with Crippen molar-refractivity contribution in [1.29, 1.82) is 0 Å². The number of hydrogen-bond donors (Lipinski definition) is 2. The Hall–Kier alpha value is -1.76. The normalized spacial score (nSPS) is 10.5. The van der Waals surface area contributed by atoms with Gasteiger partial charge in [0.2, 0.25) is 0 Å². The first-order valence-corrected chi connectivity index (χ1v) is 7.18. The minimum absolute atomic E-state index is 0.702. The van der Waals surface area contributed by atoms with Gasteiger partial charge in [0.15, 0.2) is 5.16 Å². The highest BCUT2D eigenvalue weighted by molar-refractivity contribution is 7.98. The first-order valence-electron chi connectivity index (χ1n) is 5.96. The van der Waals surface area contributed by atoms with Crippen molar-refractivity contribution in [3.63, 3.8) is 0 Å². The minimum atomic E-state index is 0.702. The fourth-order valence-corrected chi connectivity index (χ4v) is 2.12. The molecule has 2 N–H and O–H groups in total. The molecule has 2 aromatic heterocycles. The molecule has 0 aromatic carbocycles. The number of hydrogen-bond acceptors (Lipinski definition) is 6. The summed E-state index contributed by atoms with van der Waals surface area (Å²) in [6.45, 7) is 2.71. The van der Waals surface area contributed by atoms with Gasteiger partial charge >= 0.3 is 0 Å². The minimum Gasteiger partial charge on any atom is -0.373 e. The molecule has 0 fully saturated rings. The third kappa shape index (κ3) is 3.37. The lowest BCUT2D eigenvalue weighted by atomic mass is 10.2. The summed E-state index contributed by atoms with van der Waals surface area (Å²) in [6, 6.07) is 1.89. The molecule has 0 radical (unpaired) electrons. The van der Waals surface area contributed by atoms with Crippen molar-refractivity contribution < 1.29 is 0 Å². The van der Waals surface area contributed by atoms with Crippen molar-refractivity contribution in [2.45, 2.75) is 18.6 Å². The number of anilines is 2. The third-order valence-electron chi connectivity index (χ3n) is 2.72. The Morgan fingerprint density at radius 2 is 2.05 bits per heavy atom. The molecule has 0 aliphatic rings. The molecule has 6 nitrogen and oxygen atoms in total. The summed E-state index contributed by atoms with van der Waals surface area (Å²) in [5.41, 5.74) is 2.20. The maximum absolute atomic E-state index is 4.42. The fraction of sp³-hybridized carbons (Fsp3) is 0.417. The summed E-state index contributed by atoms with van der Waals surface area (Å²) in [4.78, 5) is 8.76. The summed E-state index contributed by atoms with van der Waals surface area (Å²) < 4.78 is 1.82. The molecular formula is C12H18N6S. The van der Waals surface area contributed by atoms with Gasteiger partial charge in [-0.25, -0.2) is 9.97 Å². The molecule has 2 heterocycles. The molecule has 2 rings (SSSR count). The van der Waals surface area contributed by atoms with Crippen LogP contribution in [0.2, 0.25) is 0 Å². The monoisotopic (exact) mass is 278 g/mol.